The topological polar surface area (TPSA) is 15.3 Å². The van der Waals surface area contributed by atoms with Crippen molar-refractivity contribution in [3.05, 3.63) is 35.9 Å². The molecule has 0 radical (unpaired) electrons. The Morgan fingerprint density at radius 3 is 2.45 bits per heavy atom. The second-order valence-corrected chi connectivity index (χ2v) is 5.95. The van der Waals surface area contributed by atoms with Gasteiger partial charge in [0.2, 0.25) is 0 Å². The van der Waals surface area contributed by atoms with Gasteiger partial charge < -0.3 is 10.2 Å². The zero-order chi connectivity index (χ0) is 13.5. The summed E-state index contributed by atoms with van der Waals surface area (Å²) < 4.78 is 0. The third-order valence-corrected chi connectivity index (χ3v) is 4.41. The van der Waals surface area contributed by atoms with Crippen molar-refractivity contribution in [2.75, 3.05) is 33.2 Å². The molecule has 1 atom stereocenters. The average molecular weight is 297 g/mol. The van der Waals surface area contributed by atoms with Gasteiger partial charge in [-0.15, -0.1) is 12.4 Å². The van der Waals surface area contributed by atoms with Gasteiger partial charge in [-0.1, -0.05) is 37.3 Å². The van der Waals surface area contributed by atoms with E-state index in [1.54, 1.807) is 0 Å². The average Bonchev–Trinajstić information content (AvgIpc) is 2.47. The lowest BCUT2D eigenvalue weighted by molar-refractivity contribution is 0.172. The van der Waals surface area contributed by atoms with Crippen LogP contribution < -0.4 is 5.32 Å². The van der Waals surface area contributed by atoms with Crippen molar-refractivity contribution in [2.45, 2.75) is 32.1 Å². The normalized spacial score (nSPS) is 18.5. The monoisotopic (exact) mass is 296 g/mol. The highest BCUT2D eigenvalue weighted by Gasteiger charge is 2.20. The number of hydrogen-bond acceptors (Lipinski definition) is 2. The molecule has 0 aromatic heterocycles. The zero-order valence-corrected chi connectivity index (χ0v) is 13.7. The Bertz CT molecular complexity index is 347. The molecule has 0 spiro atoms. The lowest BCUT2D eigenvalue weighted by atomic mass is 9.92. The van der Waals surface area contributed by atoms with Gasteiger partial charge in [0.15, 0.2) is 0 Å². The minimum Gasteiger partial charge on any atom is -0.320 e. The van der Waals surface area contributed by atoms with Gasteiger partial charge in [0.25, 0.3) is 0 Å². The van der Waals surface area contributed by atoms with Gasteiger partial charge in [-0.05, 0) is 63.3 Å². The van der Waals surface area contributed by atoms with Gasteiger partial charge in [-0.25, -0.2) is 0 Å². The van der Waals surface area contributed by atoms with Gasteiger partial charge in [-0.3, -0.25) is 0 Å². The van der Waals surface area contributed by atoms with Crippen molar-refractivity contribution in [1.29, 1.82) is 0 Å². The van der Waals surface area contributed by atoms with Crippen molar-refractivity contribution in [3.63, 3.8) is 0 Å². The first-order valence-electron chi connectivity index (χ1n) is 7.71. The van der Waals surface area contributed by atoms with Crippen LogP contribution in [0, 0.1) is 5.92 Å². The van der Waals surface area contributed by atoms with Crippen LogP contribution >= 0.6 is 12.4 Å². The van der Waals surface area contributed by atoms with E-state index in [-0.39, 0.29) is 12.4 Å². The summed E-state index contributed by atoms with van der Waals surface area (Å²) in [6.07, 6.45) is 4.10. The molecule has 1 aromatic rings. The second-order valence-electron chi connectivity index (χ2n) is 5.95. The Morgan fingerprint density at radius 1 is 1.20 bits per heavy atom. The Hall–Kier alpha value is -0.570. The number of hydrogen-bond donors (Lipinski definition) is 1. The van der Waals surface area contributed by atoms with Crippen molar-refractivity contribution in [2.24, 2.45) is 5.92 Å². The fraction of sp³-hybridized carbons (Fsp3) is 0.647. The first-order chi connectivity index (χ1) is 9.29. The highest BCUT2D eigenvalue weighted by Crippen LogP contribution is 2.23. The predicted octanol–water partition coefficient (Wildman–Crippen LogP) is 3.53. The van der Waals surface area contributed by atoms with E-state index < -0.39 is 0 Å². The van der Waals surface area contributed by atoms with Crippen LogP contribution in [0.5, 0.6) is 0 Å². The lowest BCUT2D eigenvalue weighted by Crippen LogP contribution is -2.36. The standard InChI is InChI=1S/C17H28N2.ClH/c1-15(17-6-4-3-5-7-17)14-19-12-9-16(10-13-19)8-11-18-2;/h3-7,15-16,18H,8-14H2,1-2H3;1H. The zero-order valence-electron chi connectivity index (χ0n) is 12.8. The van der Waals surface area contributed by atoms with E-state index in [1.807, 2.05) is 0 Å². The summed E-state index contributed by atoms with van der Waals surface area (Å²) >= 11 is 0. The third-order valence-electron chi connectivity index (χ3n) is 4.41. The fourth-order valence-electron chi connectivity index (χ4n) is 3.08. The third kappa shape index (κ3) is 5.43. The Balaban J connectivity index is 0.00000200. The summed E-state index contributed by atoms with van der Waals surface area (Å²) in [4.78, 5) is 2.65. The number of nitrogens with one attached hydrogen (secondary N) is 1. The molecule has 114 valence electrons. The van der Waals surface area contributed by atoms with E-state index in [0.29, 0.717) is 5.92 Å². The summed E-state index contributed by atoms with van der Waals surface area (Å²) in [5, 5.41) is 3.27. The van der Waals surface area contributed by atoms with Crippen LogP contribution in [0.1, 0.15) is 37.7 Å². The maximum absolute atomic E-state index is 3.27. The molecule has 0 amide bonds. The Labute approximate surface area is 130 Å². The molecule has 2 rings (SSSR count). The molecule has 1 fully saturated rings. The summed E-state index contributed by atoms with van der Waals surface area (Å²) in [6.45, 7) is 7.30. The summed E-state index contributed by atoms with van der Waals surface area (Å²) in [7, 11) is 2.05. The molecular formula is C17H29ClN2. The SMILES string of the molecule is CNCCC1CCN(CC(C)c2ccccc2)CC1.Cl. The number of likely N-dealkylation sites (tertiary alicyclic amines) is 1. The van der Waals surface area contributed by atoms with Gasteiger partial charge in [0.05, 0.1) is 0 Å². The molecule has 2 nitrogen and oxygen atoms in total. The van der Waals surface area contributed by atoms with Crippen LogP contribution in [0.3, 0.4) is 0 Å². The van der Waals surface area contributed by atoms with Crippen LogP contribution in [-0.4, -0.2) is 38.1 Å². The smallest absolute Gasteiger partial charge is 0.00476 e. The fourth-order valence-corrected chi connectivity index (χ4v) is 3.08. The molecular weight excluding hydrogens is 268 g/mol. The highest BCUT2D eigenvalue weighted by atomic mass is 35.5. The summed E-state index contributed by atoms with van der Waals surface area (Å²) in [6, 6.07) is 10.9. The number of benzene rings is 1. The largest absolute Gasteiger partial charge is 0.320 e. The number of nitrogens with zero attached hydrogens (tertiary/aromatic N) is 1. The van der Waals surface area contributed by atoms with Crippen LogP contribution in [0.25, 0.3) is 0 Å². The van der Waals surface area contributed by atoms with Gasteiger partial charge in [0, 0.05) is 6.54 Å². The van der Waals surface area contributed by atoms with Gasteiger partial charge >= 0.3 is 0 Å². The van der Waals surface area contributed by atoms with Crippen molar-refractivity contribution in [1.82, 2.24) is 10.2 Å². The second kappa shape index (κ2) is 9.38. The quantitative estimate of drug-likeness (QED) is 0.864. The molecule has 1 saturated heterocycles. The van der Waals surface area contributed by atoms with Crippen LogP contribution in [-0.2, 0) is 0 Å². The minimum absolute atomic E-state index is 0. The van der Waals surface area contributed by atoms with E-state index in [9.17, 15) is 0 Å². The first-order valence-corrected chi connectivity index (χ1v) is 7.71. The summed E-state index contributed by atoms with van der Waals surface area (Å²) in [5.41, 5.74) is 1.47. The number of rotatable bonds is 6. The first kappa shape index (κ1) is 17.5. The predicted molar refractivity (Wildman–Crippen MR) is 89.8 cm³/mol. The molecule has 0 bridgehead atoms. The molecule has 1 unspecified atom stereocenters. The Morgan fingerprint density at radius 2 is 1.85 bits per heavy atom. The van der Waals surface area contributed by atoms with E-state index in [2.05, 4.69) is 54.5 Å². The van der Waals surface area contributed by atoms with E-state index in [0.717, 1.165) is 5.92 Å². The maximum Gasteiger partial charge on any atom is 0.00476 e. The lowest BCUT2D eigenvalue weighted by Gasteiger charge is -2.33. The van der Waals surface area contributed by atoms with Crippen molar-refractivity contribution < 1.29 is 0 Å². The molecule has 3 heteroatoms. The van der Waals surface area contributed by atoms with Crippen LogP contribution in [0.15, 0.2) is 30.3 Å². The minimum atomic E-state index is 0. The van der Waals surface area contributed by atoms with Gasteiger partial charge in [0.1, 0.15) is 0 Å². The van der Waals surface area contributed by atoms with Gasteiger partial charge in [-0.2, -0.15) is 0 Å². The van der Waals surface area contributed by atoms with E-state index >= 15 is 0 Å². The molecule has 0 saturated carbocycles. The van der Waals surface area contributed by atoms with E-state index in [4.69, 9.17) is 0 Å². The van der Waals surface area contributed by atoms with E-state index in [1.165, 1.54) is 51.0 Å². The molecule has 1 N–H and O–H groups in total. The molecule has 1 heterocycles. The Kier molecular flexibility index (Phi) is 8.20. The highest BCUT2D eigenvalue weighted by molar-refractivity contribution is 5.85. The van der Waals surface area contributed by atoms with Crippen molar-refractivity contribution >= 4 is 12.4 Å². The molecule has 1 aliphatic rings. The summed E-state index contributed by atoms with van der Waals surface area (Å²) in [5.74, 6) is 1.59. The van der Waals surface area contributed by atoms with Crippen LogP contribution in [0.4, 0.5) is 0 Å². The molecule has 20 heavy (non-hydrogen) atoms. The van der Waals surface area contributed by atoms with Crippen molar-refractivity contribution in [3.8, 4) is 0 Å². The molecule has 0 aliphatic carbocycles. The van der Waals surface area contributed by atoms with Crippen LogP contribution in [0.2, 0.25) is 0 Å². The molecule has 1 aliphatic heterocycles. The maximum atomic E-state index is 3.27. The number of piperidine rings is 1. The number of halogens is 1. The molecule has 1 aromatic carbocycles.